The number of aromatic nitrogens is 4. The number of benzene rings is 1. The fourth-order valence-corrected chi connectivity index (χ4v) is 2.43. The molecule has 2 unspecified atom stereocenters. The van der Waals surface area contributed by atoms with Gasteiger partial charge in [0.1, 0.15) is 6.33 Å². The first-order chi connectivity index (χ1) is 10.1. The molecule has 2 rings (SSSR count). The summed E-state index contributed by atoms with van der Waals surface area (Å²) in [6.07, 6.45) is 2.53. The van der Waals surface area contributed by atoms with E-state index in [1.165, 1.54) is 0 Å². The van der Waals surface area contributed by atoms with E-state index in [4.69, 9.17) is 0 Å². The molecule has 0 aliphatic rings. The zero-order valence-electron chi connectivity index (χ0n) is 12.8. The van der Waals surface area contributed by atoms with Gasteiger partial charge in [0.15, 0.2) is 0 Å². The summed E-state index contributed by atoms with van der Waals surface area (Å²) in [5, 5.41) is 24.2. The maximum absolute atomic E-state index is 9.48. The van der Waals surface area contributed by atoms with Gasteiger partial charge in [-0.2, -0.15) is 0 Å². The van der Waals surface area contributed by atoms with E-state index in [1.54, 1.807) is 11.0 Å². The van der Waals surface area contributed by atoms with Crippen molar-refractivity contribution in [3.63, 3.8) is 0 Å². The molecule has 0 radical (unpaired) electrons. The second-order valence-corrected chi connectivity index (χ2v) is 5.75. The first kappa shape index (κ1) is 15.6. The number of nitrogens with one attached hydrogen (secondary N) is 1. The summed E-state index contributed by atoms with van der Waals surface area (Å²) >= 11 is 0. The number of aliphatic hydroxyl groups excluding tert-OH is 1. The Kier molecular flexibility index (Phi) is 5.41. The van der Waals surface area contributed by atoms with Crippen molar-refractivity contribution in [3.8, 4) is 5.69 Å². The van der Waals surface area contributed by atoms with Gasteiger partial charge in [0, 0.05) is 12.1 Å². The lowest BCUT2D eigenvalue weighted by Crippen LogP contribution is -2.35. The zero-order valence-corrected chi connectivity index (χ0v) is 12.8. The summed E-state index contributed by atoms with van der Waals surface area (Å²) in [6, 6.07) is 8.33. The third kappa shape index (κ3) is 4.34. The lowest BCUT2D eigenvalue weighted by atomic mass is 10.0. The summed E-state index contributed by atoms with van der Waals surface area (Å²) in [4.78, 5) is 0. The molecule has 1 heterocycles. The Hall–Kier alpha value is -1.79. The van der Waals surface area contributed by atoms with Crippen molar-refractivity contribution < 1.29 is 5.11 Å². The number of tetrazole rings is 1. The predicted octanol–water partition coefficient (Wildman–Crippen LogP) is 1.72. The monoisotopic (exact) mass is 289 g/mol. The van der Waals surface area contributed by atoms with Gasteiger partial charge in [0.05, 0.1) is 12.3 Å². The fourth-order valence-electron chi connectivity index (χ4n) is 2.43. The van der Waals surface area contributed by atoms with Gasteiger partial charge in [0.25, 0.3) is 0 Å². The van der Waals surface area contributed by atoms with Crippen LogP contribution in [-0.2, 0) is 0 Å². The first-order valence-electron chi connectivity index (χ1n) is 7.30. The Labute approximate surface area is 125 Å². The number of hydrogen-bond donors (Lipinski definition) is 2. The lowest BCUT2D eigenvalue weighted by molar-refractivity contribution is 0.215. The Morgan fingerprint density at radius 1 is 1.29 bits per heavy atom. The largest absolute Gasteiger partial charge is 0.395 e. The van der Waals surface area contributed by atoms with E-state index in [0.717, 1.165) is 17.7 Å². The molecule has 0 saturated carbocycles. The van der Waals surface area contributed by atoms with E-state index in [0.29, 0.717) is 5.92 Å². The van der Waals surface area contributed by atoms with Crippen LogP contribution in [0.1, 0.15) is 38.8 Å². The van der Waals surface area contributed by atoms with Gasteiger partial charge in [-0.05, 0) is 47.4 Å². The zero-order chi connectivity index (χ0) is 15.2. The second-order valence-electron chi connectivity index (χ2n) is 5.75. The molecule has 0 saturated heterocycles. The van der Waals surface area contributed by atoms with Crippen LogP contribution in [0, 0.1) is 5.92 Å². The SMILES string of the molecule is CC(C)CC(CO)NC(C)c1cccc(-n2cnnn2)c1. The molecule has 0 spiro atoms. The van der Waals surface area contributed by atoms with Crippen LogP contribution < -0.4 is 5.32 Å². The molecule has 0 aliphatic carbocycles. The quantitative estimate of drug-likeness (QED) is 0.811. The Morgan fingerprint density at radius 3 is 2.71 bits per heavy atom. The molecule has 21 heavy (non-hydrogen) atoms. The van der Waals surface area contributed by atoms with Crippen LogP contribution in [0.2, 0.25) is 0 Å². The van der Waals surface area contributed by atoms with Crippen molar-refractivity contribution in [1.29, 1.82) is 0 Å². The molecule has 0 bridgehead atoms. The molecule has 6 nitrogen and oxygen atoms in total. The standard InChI is InChI=1S/C15H23N5O/c1-11(2)7-14(9-21)17-12(3)13-5-4-6-15(8-13)20-10-16-18-19-20/h4-6,8,10-12,14,17,21H,7,9H2,1-3H3. The van der Waals surface area contributed by atoms with E-state index in [9.17, 15) is 5.11 Å². The van der Waals surface area contributed by atoms with Crippen molar-refractivity contribution in [2.45, 2.75) is 39.3 Å². The minimum absolute atomic E-state index is 0.108. The maximum Gasteiger partial charge on any atom is 0.143 e. The van der Waals surface area contributed by atoms with Crippen LogP contribution in [0.3, 0.4) is 0 Å². The molecule has 6 heteroatoms. The van der Waals surface area contributed by atoms with Crippen molar-refractivity contribution in [3.05, 3.63) is 36.2 Å². The topological polar surface area (TPSA) is 75.9 Å². The Balaban J connectivity index is 2.08. The predicted molar refractivity (Wildman–Crippen MR) is 81.0 cm³/mol. The normalized spacial score (nSPS) is 14.3. The van der Waals surface area contributed by atoms with Crippen molar-refractivity contribution in [2.75, 3.05) is 6.61 Å². The van der Waals surface area contributed by atoms with E-state index in [2.05, 4.69) is 53.7 Å². The number of aliphatic hydroxyl groups is 1. The number of hydrogen-bond acceptors (Lipinski definition) is 5. The average Bonchev–Trinajstić information content (AvgIpc) is 3.00. The molecule has 1 aromatic heterocycles. The lowest BCUT2D eigenvalue weighted by Gasteiger charge is -2.23. The maximum atomic E-state index is 9.48. The third-order valence-electron chi connectivity index (χ3n) is 3.45. The summed E-state index contributed by atoms with van der Waals surface area (Å²) in [5.74, 6) is 0.550. The molecule has 0 fully saturated rings. The summed E-state index contributed by atoms with van der Waals surface area (Å²) < 4.78 is 1.63. The van der Waals surface area contributed by atoms with E-state index in [1.807, 2.05) is 12.1 Å². The van der Waals surface area contributed by atoms with E-state index >= 15 is 0 Å². The van der Waals surface area contributed by atoms with Crippen LogP contribution in [0.25, 0.3) is 5.69 Å². The van der Waals surface area contributed by atoms with E-state index in [-0.39, 0.29) is 18.7 Å². The first-order valence-corrected chi connectivity index (χ1v) is 7.30. The third-order valence-corrected chi connectivity index (χ3v) is 3.45. The van der Waals surface area contributed by atoms with Crippen LogP contribution in [0.5, 0.6) is 0 Å². The van der Waals surface area contributed by atoms with Crippen LogP contribution >= 0.6 is 0 Å². The van der Waals surface area contributed by atoms with Gasteiger partial charge in [-0.1, -0.05) is 26.0 Å². The van der Waals surface area contributed by atoms with Crippen LogP contribution in [0.4, 0.5) is 0 Å². The second kappa shape index (κ2) is 7.28. The van der Waals surface area contributed by atoms with Gasteiger partial charge in [-0.3, -0.25) is 0 Å². The molecule has 114 valence electrons. The molecular formula is C15H23N5O. The molecular weight excluding hydrogens is 266 g/mol. The molecule has 2 aromatic rings. The highest BCUT2D eigenvalue weighted by Crippen LogP contribution is 2.18. The van der Waals surface area contributed by atoms with Crippen molar-refractivity contribution in [2.24, 2.45) is 5.92 Å². The Morgan fingerprint density at radius 2 is 2.10 bits per heavy atom. The average molecular weight is 289 g/mol. The van der Waals surface area contributed by atoms with Gasteiger partial charge >= 0.3 is 0 Å². The summed E-state index contributed by atoms with van der Waals surface area (Å²) in [6.45, 7) is 6.57. The van der Waals surface area contributed by atoms with Crippen LogP contribution in [0.15, 0.2) is 30.6 Å². The molecule has 2 N–H and O–H groups in total. The molecule has 0 aliphatic heterocycles. The van der Waals surface area contributed by atoms with Gasteiger partial charge < -0.3 is 10.4 Å². The minimum atomic E-state index is 0.108. The van der Waals surface area contributed by atoms with Crippen LogP contribution in [-0.4, -0.2) is 38.0 Å². The van der Waals surface area contributed by atoms with Gasteiger partial charge in [-0.25, -0.2) is 4.68 Å². The Bertz CT molecular complexity index is 541. The van der Waals surface area contributed by atoms with E-state index < -0.39 is 0 Å². The summed E-state index contributed by atoms with van der Waals surface area (Å²) in [5.41, 5.74) is 2.07. The molecule has 2 atom stereocenters. The highest BCUT2D eigenvalue weighted by Gasteiger charge is 2.14. The van der Waals surface area contributed by atoms with Crippen molar-refractivity contribution >= 4 is 0 Å². The molecule has 0 amide bonds. The number of rotatable bonds is 7. The highest BCUT2D eigenvalue weighted by molar-refractivity contribution is 5.35. The number of nitrogens with zero attached hydrogens (tertiary/aromatic N) is 4. The van der Waals surface area contributed by atoms with Gasteiger partial charge in [0.2, 0.25) is 0 Å². The highest BCUT2D eigenvalue weighted by atomic mass is 16.3. The fraction of sp³-hybridized carbons (Fsp3) is 0.533. The minimum Gasteiger partial charge on any atom is -0.395 e. The molecule has 1 aromatic carbocycles. The van der Waals surface area contributed by atoms with Crippen molar-refractivity contribution in [1.82, 2.24) is 25.5 Å². The summed E-state index contributed by atoms with van der Waals surface area (Å²) in [7, 11) is 0. The van der Waals surface area contributed by atoms with Gasteiger partial charge in [-0.15, -0.1) is 5.10 Å². The smallest absolute Gasteiger partial charge is 0.143 e.